The molecule has 2 heteroatoms. The van der Waals surface area contributed by atoms with Crippen LogP contribution in [0.4, 0.5) is 0 Å². The van der Waals surface area contributed by atoms with E-state index in [2.05, 4.69) is 46.9 Å². The molecule has 1 aliphatic rings. The molecule has 0 bridgehead atoms. The molecule has 21 heavy (non-hydrogen) atoms. The highest BCUT2D eigenvalue weighted by Gasteiger charge is 2.46. The van der Waals surface area contributed by atoms with Gasteiger partial charge in [-0.2, -0.15) is 0 Å². The molecule has 2 nitrogen and oxygen atoms in total. The summed E-state index contributed by atoms with van der Waals surface area (Å²) in [5, 5.41) is 3.87. The quantitative estimate of drug-likeness (QED) is 0.634. The molecule has 0 aliphatic heterocycles. The molecule has 0 aromatic heterocycles. The zero-order chi connectivity index (χ0) is 15.9. The minimum Gasteiger partial charge on any atom is -0.374 e. The molecule has 1 saturated carbocycles. The predicted molar refractivity (Wildman–Crippen MR) is 92.8 cm³/mol. The Morgan fingerprint density at radius 3 is 1.95 bits per heavy atom. The molecule has 1 fully saturated rings. The van der Waals surface area contributed by atoms with Crippen molar-refractivity contribution in [2.24, 2.45) is 11.3 Å². The van der Waals surface area contributed by atoms with Gasteiger partial charge in [-0.05, 0) is 56.9 Å². The van der Waals surface area contributed by atoms with Crippen LogP contribution in [0.2, 0.25) is 0 Å². The molecule has 1 N–H and O–H groups in total. The van der Waals surface area contributed by atoms with Crippen molar-refractivity contribution in [3.63, 3.8) is 0 Å². The Kier molecular flexibility index (Phi) is 7.70. The van der Waals surface area contributed by atoms with Crippen molar-refractivity contribution in [3.8, 4) is 0 Å². The molecule has 1 aliphatic carbocycles. The Morgan fingerprint density at radius 1 is 0.952 bits per heavy atom. The van der Waals surface area contributed by atoms with Crippen LogP contribution in [0.25, 0.3) is 0 Å². The van der Waals surface area contributed by atoms with Crippen LogP contribution in [0.1, 0.15) is 86.5 Å². The first-order chi connectivity index (χ1) is 9.94. The average molecular weight is 298 g/mol. The summed E-state index contributed by atoms with van der Waals surface area (Å²) in [6.45, 7) is 15.9. The maximum Gasteiger partial charge on any atom is 0.0837 e. The van der Waals surface area contributed by atoms with Crippen LogP contribution >= 0.6 is 0 Å². The third kappa shape index (κ3) is 4.96. The molecule has 1 atom stereocenters. The first kappa shape index (κ1) is 19.0. The summed E-state index contributed by atoms with van der Waals surface area (Å²) >= 11 is 0. The van der Waals surface area contributed by atoms with Gasteiger partial charge in [0.15, 0.2) is 0 Å². The normalized spacial score (nSPS) is 22.4. The molecular formula is C19H39NO. The summed E-state index contributed by atoms with van der Waals surface area (Å²) in [7, 11) is 0. The number of nitrogens with one attached hydrogen (secondary N) is 1. The minimum absolute atomic E-state index is 0.0656. The van der Waals surface area contributed by atoms with Gasteiger partial charge in [0.05, 0.1) is 5.60 Å². The fraction of sp³-hybridized carbons (Fsp3) is 1.00. The number of hydrogen-bond donors (Lipinski definition) is 1. The lowest BCUT2D eigenvalue weighted by atomic mass is 9.65. The second kappa shape index (κ2) is 8.53. The molecule has 0 heterocycles. The summed E-state index contributed by atoms with van der Waals surface area (Å²) in [6.07, 6.45) is 8.70. The molecular weight excluding hydrogens is 258 g/mol. The predicted octanol–water partition coefficient (Wildman–Crippen LogP) is 5.17. The molecule has 0 aromatic carbocycles. The number of hydrogen-bond acceptors (Lipinski definition) is 2. The van der Waals surface area contributed by atoms with Crippen LogP contribution in [0, 0.1) is 11.3 Å². The van der Waals surface area contributed by atoms with Gasteiger partial charge in [0.2, 0.25) is 0 Å². The van der Waals surface area contributed by atoms with Crippen LogP contribution in [-0.2, 0) is 4.74 Å². The Morgan fingerprint density at radius 2 is 1.52 bits per heavy atom. The van der Waals surface area contributed by atoms with E-state index in [0.717, 1.165) is 19.1 Å². The summed E-state index contributed by atoms with van der Waals surface area (Å²) in [5.41, 5.74) is 0.556. The number of ether oxygens (including phenoxy) is 1. The third-order valence-corrected chi connectivity index (χ3v) is 5.58. The second-order valence-electron chi connectivity index (χ2n) is 7.67. The first-order valence-electron chi connectivity index (χ1n) is 9.32. The maximum atomic E-state index is 6.45. The van der Waals surface area contributed by atoms with E-state index in [1.807, 2.05) is 0 Å². The number of rotatable bonds is 9. The minimum atomic E-state index is 0.0656. The molecule has 0 amide bonds. The third-order valence-electron chi connectivity index (χ3n) is 5.58. The summed E-state index contributed by atoms with van der Waals surface area (Å²) in [4.78, 5) is 0. The Balaban J connectivity index is 2.95. The molecule has 0 aromatic rings. The zero-order valence-corrected chi connectivity index (χ0v) is 15.4. The topological polar surface area (TPSA) is 21.3 Å². The highest BCUT2D eigenvalue weighted by atomic mass is 16.5. The van der Waals surface area contributed by atoms with Gasteiger partial charge in [-0.3, -0.25) is 0 Å². The Bertz CT molecular complexity index is 273. The smallest absolute Gasteiger partial charge is 0.0837 e. The van der Waals surface area contributed by atoms with E-state index in [0.29, 0.717) is 11.5 Å². The first-order valence-corrected chi connectivity index (χ1v) is 9.32. The highest BCUT2D eigenvalue weighted by Crippen LogP contribution is 2.45. The maximum absolute atomic E-state index is 6.45. The molecule has 1 rings (SSSR count). The van der Waals surface area contributed by atoms with E-state index >= 15 is 0 Å². The van der Waals surface area contributed by atoms with Gasteiger partial charge in [-0.15, -0.1) is 0 Å². The lowest BCUT2D eigenvalue weighted by Crippen LogP contribution is -2.58. The van der Waals surface area contributed by atoms with Crippen molar-refractivity contribution in [2.75, 3.05) is 13.2 Å². The van der Waals surface area contributed by atoms with Crippen molar-refractivity contribution < 1.29 is 4.74 Å². The second-order valence-corrected chi connectivity index (χ2v) is 7.67. The SMILES string of the molecule is CCCNC(C(CC)CC)C1(OCC)CCC(C)(C)CC1. The van der Waals surface area contributed by atoms with E-state index in [9.17, 15) is 0 Å². The van der Waals surface area contributed by atoms with Crippen molar-refractivity contribution in [2.45, 2.75) is 98.1 Å². The average Bonchev–Trinajstić information content (AvgIpc) is 2.46. The van der Waals surface area contributed by atoms with Crippen LogP contribution in [0.15, 0.2) is 0 Å². The van der Waals surface area contributed by atoms with E-state index in [1.165, 1.54) is 44.9 Å². The van der Waals surface area contributed by atoms with Gasteiger partial charge < -0.3 is 10.1 Å². The lowest BCUT2D eigenvalue weighted by molar-refractivity contribution is -0.118. The van der Waals surface area contributed by atoms with E-state index in [4.69, 9.17) is 4.74 Å². The van der Waals surface area contributed by atoms with Gasteiger partial charge in [0, 0.05) is 12.6 Å². The highest BCUT2D eigenvalue weighted by molar-refractivity contribution is 5.01. The fourth-order valence-corrected chi connectivity index (χ4v) is 4.02. The Labute approximate surface area is 133 Å². The largest absolute Gasteiger partial charge is 0.374 e. The van der Waals surface area contributed by atoms with Crippen LogP contribution < -0.4 is 5.32 Å². The fourth-order valence-electron chi connectivity index (χ4n) is 4.02. The zero-order valence-electron chi connectivity index (χ0n) is 15.4. The summed E-state index contributed by atoms with van der Waals surface area (Å²) in [5.74, 6) is 0.726. The van der Waals surface area contributed by atoms with Gasteiger partial charge in [0.25, 0.3) is 0 Å². The molecule has 126 valence electrons. The van der Waals surface area contributed by atoms with E-state index in [1.54, 1.807) is 0 Å². The van der Waals surface area contributed by atoms with Crippen LogP contribution in [0.5, 0.6) is 0 Å². The van der Waals surface area contributed by atoms with Crippen LogP contribution in [-0.4, -0.2) is 24.8 Å². The van der Waals surface area contributed by atoms with Crippen molar-refractivity contribution >= 4 is 0 Å². The monoisotopic (exact) mass is 297 g/mol. The molecule has 0 radical (unpaired) electrons. The van der Waals surface area contributed by atoms with Gasteiger partial charge in [0.1, 0.15) is 0 Å². The molecule has 1 unspecified atom stereocenters. The van der Waals surface area contributed by atoms with E-state index < -0.39 is 0 Å². The van der Waals surface area contributed by atoms with Crippen molar-refractivity contribution in [3.05, 3.63) is 0 Å². The summed E-state index contributed by atoms with van der Waals surface area (Å²) in [6, 6.07) is 0.517. The van der Waals surface area contributed by atoms with Gasteiger partial charge >= 0.3 is 0 Å². The lowest BCUT2D eigenvalue weighted by Gasteiger charge is -2.50. The van der Waals surface area contributed by atoms with Crippen molar-refractivity contribution in [1.29, 1.82) is 0 Å². The molecule has 0 saturated heterocycles. The standard InChI is InChI=1S/C19H39NO/c1-7-15-20-17(16(8-2)9-3)19(21-10-4)13-11-18(5,6)12-14-19/h16-17,20H,7-15H2,1-6H3. The van der Waals surface area contributed by atoms with E-state index in [-0.39, 0.29) is 5.60 Å². The molecule has 0 spiro atoms. The Hall–Kier alpha value is -0.0800. The van der Waals surface area contributed by atoms with Crippen LogP contribution in [0.3, 0.4) is 0 Å². The summed E-state index contributed by atoms with van der Waals surface area (Å²) < 4.78 is 6.45. The van der Waals surface area contributed by atoms with Crippen molar-refractivity contribution in [1.82, 2.24) is 5.32 Å². The van der Waals surface area contributed by atoms with Gasteiger partial charge in [-0.1, -0.05) is 47.5 Å². The van der Waals surface area contributed by atoms with Gasteiger partial charge in [-0.25, -0.2) is 0 Å².